The molecule has 0 aromatic heterocycles. The number of hydrogen-bond acceptors (Lipinski definition) is 0. The van der Waals surface area contributed by atoms with Crippen molar-refractivity contribution in [2.75, 3.05) is 0 Å². The SMILES string of the molecule is FC(Br)=C(F)C(F)=C(F)Br. The van der Waals surface area contributed by atoms with Gasteiger partial charge in [0.2, 0.25) is 21.1 Å². The average Bonchev–Trinajstić information content (AvgIpc) is 1.84. The Labute approximate surface area is 70.9 Å². The van der Waals surface area contributed by atoms with Crippen molar-refractivity contribution in [1.29, 1.82) is 0 Å². The highest BCUT2D eigenvalue weighted by Gasteiger charge is 2.13. The summed E-state index contributed by atoms with van der Waals surface area (Å²) in [4.78, 5) is 0. The zero-order valence-electron chi connectivity index (χ0n) is 4.27. The first-order chi connectivity index (χ1) is 4.46. The molecule has 0 amide bonds. The highest BCUT2D eigenvalue weighted by molar-refractivity contribution is 9.12. The standard InChI is InChI=1S/C4Br2F4/c5-3(9)1(7)2(8)4(6)10. The lowest BCUT2D eigenvalue weighted by atomic mass is 10.5. The zero-order valence-corrected chi connectivity index (χ0v) is 7.44. The monoisotopic (exact) mass is 282 g/mol. The van der Waals surface area contributed by atoms with Gasteiger partial charge in [-0.2, -0.15) is 17.6 Å². The van der Waals surface area contributed by atoms with E-state index in [1.807, 2.05) is 31.9 Å². The van der Waals surface area contributed by atoms with Crippen molar-refractivity contribution in [2.45, 2.75) is 0 Å². The number of halogens is 6. The van der Waals surface area contributed by atoms with Crippen molar-refractivity contribution in [2.24, 2.45) is 0 Å². The highest BCUT2D eigenvalue weighted by atomic mass is 79.9. The Morgan fingerprint density at radius 1 is 0.700 bits per heavy atom. The third-order valence-corrected chi connectivity index (χ3v) is 1.22. The molecule has 6 heteroatoms. The number of hydrogen-bond donors (Lipinski definition) is 0. The smallest absolute Gasteiger partial charge is 0.200 e. The van der Waals surface area contributed by atoms with E-state index >= 15 is 0 Å². The summed E-state index contributed by atoms with van der Waals surface area (Å²) in [5.74, 6) is -3.82. The van der Waals surface area contributed by atoms with E-state index in [1.165, 1.54) is 0 Å². The van der Waals surface area contributed by atoms with Crippen LogP contribution >= 0.6 is 31.9 Å². The van der Waals surface area contributed by atoms with Gasteiger partial charge in [0, 0.05) is 0 Å². The minimum absolute atomic E-state index is 1.58. The normalized spacial score (nSPS) is 16.2. The first-order valence-electron chi connectivity index (χ1n) is 1.88. The van der Waals surface area contributed by atoms with Gasteiger partial charge in [-0.3, -0.25) is 0 Å². The molecule has 58 valence electrons. The molecular weight excluding hydrogens is 284 g/mol. The van der Waals surface area contributed by atoms with Gasteiger partial charge in [-0.05, 0) is 31.9 Å². The summed E-state index contributed by atoms with van der Waals surface area (Å²) in [5.41, 5.74) is 0. The second kappa shape index (κ2) is 4.12. The fourth-order valence-corrected chi connectivity index (χ4v) is 0.514. The molecule has 0 N–H and O–H groups in total. The Morgan fingerprint density at radius 2 is 0.900 bits per heavy atom. The van der Waals surface area contributed by atoms with Crippen LogP contribution in [0.3, 0.4) is 0 Å². The summed E-state index contributed by atoms with van der Waals surface area (Å²) >= 11 is 3.97. The van der Waals surface area contributed by atoms with Crippen LogP contribution in [-0.4, -0.2) is 0 Å². The summed E-state index contributed by atoms with van der Waals surface area (Å²) in [7, 11) is 0. The molecule has 0 fully saturated rings. The molecule has 0 radical (unpaired) electrons. The van der Waals surface area contributed by atoms with E-state index in [9.17, 15) is 17.6 Å². The predicted octanol–water partition coefficient (Wildman–Crippen LogP) is 3.99. The summed E-state index contributed by atoms with van der Waals surface area (Å²) in [6.45, 7) is 0. The maximum atomic E-state index is 11.9. The van der Waals surface area contributed by atoms with Crippen molar-refractivity contribution in [3.8, 4) is 0 Å². The topological polar surface area (TPSA) is 0 Å². The molecule has 0 aromatic carbocycles. The number of allylic oxidation sites excluding steroid dienone is 2. The predicted molar refractivity (Wildman–Crippen MR) is 36.3 cm³/mol. The van der Waals surface area contributed by atoms with Crippen molar-refractivity contribution in [1.82, 2.24) is 0 Å². The van der Waals surface area contributed by atoms with Gasteiger partial charge >= 0.3 is 0 Å². The van der Waals surface area contributed by atoms with Gasteiger partial charge < -0.3 is 0 Å². The highest BCUT2D eigenvalue weighted by Crippen LogP contribution is 2.28. The maximum absolute atomic E-state index is 11.9. The van der Waals surface area contributed by atoms with Gasteiger partial charge in [-0.15, -0.1) is 0 Å². The van der Waals surface area contributed by atoms with Crippen LogP contribution in [0.5, 0.6) is 0 Å². The molecule has 0 rings (SSSR count). The van der Waals surface area contributed by atoms with E-state index in [0.717, 1.165) is 0 Å². The van der Waals surface area contributed by atoms with Crippen molar-refractivity contribution < 1.29 is 17.6 Å². The minimum Gasteiger partial charge on any atom is -0.200 e. The van der Waals surface area contributed by atoms with Gasteiger partial charge in [-0.1, -0.05) is 0 Å². The van der Waals surface area contributed by atoms with Crippen LogP contribution < -0.4 is 0 Å². The number of rotatable bonds is 1. The molecule has 0 atom stereocenters. The fourth-order valence-electron chi connectivity index (χ4n) is 0.166. The quantitative estimate of drug-likeness (QED) is 0.504. The molecule has 10 heavy (non-hydrogen) atoms. The summed E-state index contributed by atoms with van der Waals surface area (Å²) in [6.07, 6.45) is 0. The van der Waals surface area contributed by atoms with Gasteiger partial charge in [0.05, 0.1) is 0 Å². The lowest BCUT2D eigenvalue weighted by Gasteiger charge is -1.89. The molecular formula is C4Br2F4. The third kappa shape index (κ3) is 2.83. The second-order valence-corrected chi connectivity index (χ2v) is 2.54. The van der Waals surface area contributed by atoms with Crippen molar-refractivity contribution >= 4 is 31.9 Å². The first-order valence-corrected chi connectivity index (χ1v) is 3.47. The first kappa shape index (κ1) is 10.2. The summed E-state index contributed by atoms with van der Waals surface area (Å²) in [5, 5.41) is 0. The van der Waals surface area contributed by atoms with Crippen LogP contribution in [0.4, 0.5) is 17.6 Å². The Morgan fingerprint density at radius 3 is 1.00 bits per heavy atom. The van der Waals surface area contributed by atoms with Crippen LogP contribution in [0.2, 0.25) is 0 Å². The van der Waals surface area contributed by atoms with E-state index in [0.29, 0.717) is 0 Å². The van der Waals surface area contributed by atoms with Gasteiger partial charge in [0.1, 0.15) is 0 Å². The molecule has 0 nitrogen and oxygen atoms in total. The Hall–Kier alpha value is 0.160. The average molecular weight is 284 g/mol. The largest absolute Gasteiger partial charge is 0.205 e. The van der Waals surface area contributed by atoms with E-state index in [2.05, 4.69) is 0 Å². The summed E-state index contributed by atoms with van der Waals surface area (Å²) in [6, 6.07) is 0. The Bertz CT molecular complexity index is 165. The molecule has 0 bridgehead atoms. The van der Waals surface area contributed by atoms with E-state index in [4.69, 9.17) is 0 Å². The lowest BCUT2D eigenvalue weighted by molar-refractivity contribution is 0.494. The molecule has 0 saturated carbocycles. The fraction of sp³-hybridized carbons (Fsp3) is 0. The van der Waals surface area contributed by atoms with Crippen LogP contribution in [0, 0.1) is 0 Å². The Balaban J connectivity index is 4.71. The van der Waals surface area contributed by atoms with Crippen molar-refractivity contribution in [3.63, 3.8) is 0 Å². The third-order valence-electron chi connectivity index (χ3n) is 0.525. The van der Waals surface area contributed by atoms with Crippen LogP contribution in [0.25, 0.3) is 0 Å². The van der Waals surface area contributed by atoms with Crippen molar-refractivity contribution in [3.05, 3.63) is 21.1 Å². The molecule has 0 aromatic rings. The lowest BCUT2D eigenvalue weighted by Crippen LogP contribution is -1.76. The molecule has 0 aliphatic heterocycles. The van der Waals surface area contributed by atoms with E-state index < -0.39 is 21.1 Å². The molecule has 0 saturated heterocycles. The zero-order chi connectivity index (χ0) is 8.31. The van der Waals surface area contributed by atoms with E-state index in [-0.39, 0.29) is 0 Å². The summed E-state index contributed by atoms with van der Waals surface area (Å²) < 4.78 is 44.0. The maximum Gasteiger partial charge on any atom is 0.205 e. The minimum atomic E-state index is -1.91. The Kier molecular flexibility index (Phi) is 4.19. The molecule has 0 unspecified atom stereocenters. The van der Waals surface area contributed by atoms with Gasteiger partial charge in [0.15, 0.2) is 0 Å². The van der Waals surface area contributed by atoms with Crippen LogP contribution in [0.15, 0.2) is 21.1 Å². The van der Waals surface area contributed by atoms with Gasteiger partial charge in [0.25, 0.3) is 0 Å². The molecule has 0 aliphatic carbocycles. The molecule has 0 spiro atoms. The van der Waals surface area contributed by atoms with E-state index in [1.54, 1.807) is 0 Å². The van der Waals surface area contributed by atoms with Crippen LogP contribution in [-0.2, 0) is 0 Å². The molecule has 0 heterocycles. The van der Waals surface area contributed by atoms with Gasteiger partial charge in [-0.25, -0.2) is 0 Å². The van der Waals surface area contributed by atoms with Crippen LogP contribution in [0.1, 0.15) is 0 Å². The second-order valence-electron chi connectivity index (χ2n) is 1.15. The molecule has 0 aliphatic rings.